The minimum absolute atomic E-state index is 0.0544. The molecule has 0 saturated carbocycles. The summed E-state index contributed by atoms with van der Waals surface area (Å²) in [5, 5.41) is -0.137. The van der Waals surface area contributed by atoms with Crippen LogP contribution in [0.25, 0.3) is 11.1 Å². The van der Waals surface area contributed by atoms with Crippen molar-refractivity contribution in [3.63, 3.8) is 0 Å². The predicted octanol–water partition coefficient (Wildman–Crippen LogP) is 5.21. The van der Waals surface area contributed by atoms with Crippen molar-refractivity contribution in [2.75, 3.05) is 32.9 Å². The van der Waals surface area contributed by atoms with Crippen molar-refractivity contribution in [1.29, 1.82) is 0 Å². The summed E-state index contributed by atoms with van der Waals surface area (Å²) in [4.78, 5) is 16.0. The highest BCUT2D eigenvalue weighted by atomic mass is 35.5. The van der Waals surface area contributed by atoms with E-state index < -0.39 is 23.6 Å². The van der Waals surface area contributed by atoms with Crippen molar-refractivity contribution in [1.82, 2.24) is 9.88 Å². The Labute approximate surface area is 190 Å². The van der Waals surface area contributed by atoms with E-state index in [0.29, 0.717) is 26.3 Å². The number of ether oxygens (including phenoxy) is 2. The number of halogens is 7. The molecule has 1 N–H and O–H groups in total. The summed E-state index contributed by atoms with van der Waals surface area (Å²) in [6, 6.07) is 2.04. The van der Waals surface area contributed by atoms with Gasteiger partial charge in [0.15, 0.2) is 6.61 Å². The van der Waals surface area contributed by atoms with Gasteiger partial charge in [0.25, 0.3) is 5.91 Å². The van der Waals surface area contributed by atoms with E-state index in [1.807, 2.05) is 0 Å². The number of benzene rings is 1. The molecule has 1 saturated heterocycles. The number of morpholine rings is 1. The third-order valence-electron chi connectivity index (χ3n) is 4.74. The van der Waals surface area contributed by atoms with E-state index in [0.717, 1.165) is 12.1 Å². The van der Waals surface area contributed by atoms with Crippen LogP contribution >= 0.6 is 34.8 Å². The van der Waals surface area contributed by atoms with E-state index in [2.05, 4.69) is 4.98 Å². The fraction of sp³-hybridized carbons (Fsp3) is 0.421. The largest absolute Gasteiger partial charge is 0.482 e. The number of amides is 1. The molecule has 1 aliphatic heterocycles. The molecule has 2 aromatic rings. The Kier molecular flexibility index (Phi) is 7.62. The van der Waals surface area contributed by atoms with Crippen molar-refractivity contribution in [3.8, 4) is 16.9 Å². The average molecular weight is 504 g/mol. The molecule has 0 radical (unpaired) electrons. The SMILES string of the molecule is O=C(COc1cc(-c2c(CCl)[nH]c(C(F)(F)F)c2CCl)c(F)cc1Cl)N1CCOCC1. The highest BCUT2D eigenvalue weighted by Gasteiger charge is 2.38. The van der Waals surface area contributed by atoms with E-state index in [1.54, 1.807) is 4.90 Å². The van der Waals surface area contributed by atoms with Crippen LogP contribution in [0.15, 0.2) is 12.1 Å². The summed E-state index contributed by atoms with van der Waals surface area (Å²) in [5.74, 6) is -2.15. The Morgan fingerprint density at radius 1 is 1.19 bits per heavy atom. The Morgan fingerprint density at radius 2 is 1.87 bits per heavy atom. The average Bonchev–Trinajstić information content (AvgIpc) is 3.12. The van der Waals surface area contributed by atoms with E-state index in [-0.39, 0.29) is 51.6 Å². The highest BCUT2D eigenvalue weighted by molar-refractivity contribution is 6.32. The summed E-state index contributed by atoms with van der Waals surface area (Å²) < 4.78 is 65.5. The topological polar surface area (TPSA) is 54.6 Å². The normalized spacial score (nSPS) is 14.7. The smallest absolute Gasteiger partial charge is 0.431 e. The zero-order valence-corrected chi connectivity index (χ0v) is 18.2. The van der Waals surface area contributed by atoms with Gasteiger partial charge >= 0.3 is 6.18 Å². The first kappa shape index (κ1) is 24.0. The number of carbonyl (C=O) groups is 1. The second-order valence-corrected chi connectivity index (χ2v) is 7.58. The van der Waals surface area contributed by atoms with E-state index in [9.17, 15) is 22.4 Å². The fourth-order valence-electron chi connectivity index (χ4n) is 3.27. The van der Waals surface area contributed by atoms with Crippen LogP contribution < -0.4 is 4.74 Å². The predicted molar refractivity (Wildman–Crippen MR) is 108 cm³/mol. The van der Waals surface area contributed by atoms with Gasteiger partial charge < -0.3 is 19.4 Å². The number of nitrogens with zero attached hydrogens (tertiary/aromatic N) is 1. The van der Waals surface area contributed by atoms with Crippen molar-refractivity contribution < 1.29 is 31.8 Å². The van der Waals surface area contributed by atoms with Crippen LogP contribution in [0, 0.1) is 5.82 Å². The van der Waals surface area contributed by atoms with Gasteiger partial charge in [-0.25, -0.2) is 4.39 Å². The van der Waals surface area contributed by atoms with Gasteiger partial charge in [-0.3, -0.25) is 4.79 Å². The Morgan fingerprint density at radius 3 is 2.45 bits per heavy atom. The number of H-pyrrole nitrogens is 1. The molecule has 1 aromatic carbocycles. The molecule has 0 unspecified atom stereocenters. The molecule has 3 rings (SSSR count). The molecule has 0 atom stereocenters. The highest BCUT2D eigenvalue weighted by Crippen LogP contribution is 2.43. The molecule has 2 heterocycles. The molecular weight excluding hydrogens is 487 g/mol. The number of carbonyl (C=O) groups excluding carboxylic acids is 1. The molecule has 0 spiro atoms. The maximum atomic E-state index is 14.7. The molecule has 31 heavy (non-hydrogen) atoms. The fourth-order valence-corrected chi connectivity index (χ4v) is 3.94. The lowest BCUT2D eigenvalue weighted by molar-refractivity contribution is -0.141. The lowest BCUT2D eigenvalue weighted by Gasteiger charge is -2.26. The Bertz CT molecular complexity index is 960. The second-order valence-electron chi connectivity index (χ2n) is 6.64. The summed E-state index contributed by atoms with van der Waals surface area (Å²) in [7, 11) is 0. The molecule has 1 aliphatic rings. The minimum Gasteiger partial charge on any atom is -0.482 e. The molecule has 0 aliphatic carbocycles. The van der Waals surface area contributed by atoms with Crippen LogP contribution in [0.5, 0.6) is 5.75 Å². The number of nitrogens with one attached hydrogen (secondary N) is 1. The molecule has 1 amide bonds. The van der Waals surface area contributed by atoms with E-state index in [1.165, 1.54) is 0 Å². The third-order valence-corrected chi connectivity index (χ3v) is 5.57. The van der Waals surface area contributed by atoms with Crippen LogP contribution in [0.3, 0.4) is 0 Å². The first-order valence-corrected chi connectivity index (χ1v) is 10.5. The summed E-state index contributed by atoms with van der Waals surface area (Å²) in [6.07, 6.45) is -4.74. The number of aromatic amines is 1. The minimum atomic E-state index is -4.74. The molecule has 12 heteroatoms. The van der Waals surface area contributed by atoms with E-state index in [4.69, 9.17) is 44.3 Å². The zero-order chi connectivity index (χ0) is 22.8. The van der Waals surface area contributed by atoms with Gasteiger partial charge in [0, 0.05) is 35.5 Å². The lowest BCUT2D eigenvalue weighted by Crippen LogP contribution is -2.43. The maximum Gasteiger partial charge on any atom is 0.431 e. The molecule has 0 bridgehead atoms. The van der Waals surface area contributed by atoms with Gasteiger partial charge in [0.05, 0.1) is 30.0 Å². The van der Waals surface area contributed by atoms with Gasteiger partial charge in [-0.2, -0.15) is 13.2 Å². The van der Waals surface area contributed by atoms with Gasteiger partial charge in [-0.05, 0) is 12.1 Å². The number of alkyl halides is 5. The first-order chi connectivity index (χ1) is 14.7. The van der Waals surface area contributed by atoms with Crippen LogP contribution in [0.1, 0.15) is 17.0 Å². The van der Waals surface area contributed by atoms with Crippen molar-refractivity contribution >= 4 is 40.7 Å². The lowest BCUT2D eigenvalue weighted by atomic mass is 10.00. The third kappa shape index (κ3) is 5.22. The standard InChI is InChI=1S/C19H17Cl3F4N2O3/c20-7-11-17(14(8-21)27-18(11)19(24,25)26)10-5-15(12(22)6-13(10)23)31-9-16(29)28-1-3-30-4-2-28/h5-6,27H,1-4,7-9H2. The zero-order valence-electron chi connectivity index (χ0n) is 15.9. The van der Waals surface area contributed by atoms with E-state index >= 15 is 0 Å². The Balaban J connectivity index is 1.96. The van der Waals surface area contributed by atoms with Crippen LogP contribution in [-0.2, 0) is 27.5 Å². The monoisotopic (exact) mass is 502 g/mol. The molecule has 1 aromatic heterocycles. The quantitative estimate of drug-likeness (QED) is 0.435. The number of hydrogen-bond acceptors (Lipinski definition) is 3. The summed E-state index contributed by atoms with van der Waals surface area (Å²) in [5.41, 5.74) is -1.85. The van der Waals surface area contributed by atoms with Gasteiger partial charge in [-0.1, -0.05) is 11.6 Å². The number of hydrogen-bond donors (Lipinski definition) is 1. The summed E-state index contributed by atoms with van der Waals surface area (Å²) >= 11 is 17.6. The number of rotatable bonds is 6. The van der Waals surface area contributed by atoms with Crippen molar-refractivity contribution in [2.45, 2.75) is 17.9 Å². The summed E-state index contributed by atoms with van der Waals surface area (Å²) in [6.45, 7) is 1.25. The first-order valence-electron chi connectivity index (χ1n) is 9.08. The van der Waals surface area contributed by atoms with Crippen LogP contribution in [-0.4, -0.2) is 48.7 Å². The maximum absolute atomic E-state index is 14.7. The molecule has 1 fully saturated rings. The van der Waals surface area contributed by atoms with Crippen molar-refractivity contribution in [3.05, 3.63) is 39.9 Å². The van der Waals surface area contributed by atoms with Gasteiger partial charge in [0.2, 0.25) is 0 Å². The van der Waals surface area contributed by atoms with Crippen LogP contribution in [0.4, 0.5) is 17.6 Å². The molecule has 170 valence electrons. The molecule has 5 nitrogen and oxygen atoms in total. The van der Waals surface area contributed by atoms with Gasteiger partial charge in [-0.15, -0.1) is 23.2 Å². The number of aromatic nitrogens is 1. The van der Waals surface area contributed by atoms with Crippen LogP contribution in [0.2, 0.25) is 5.02 Å². The second kappa shape index (κ2) is 9.85. The van der Waals surface area contributed by atoms with Crippen molar-refractivity contribution in [2.24, 2.45) is 0 Å². The molecular formula is C19H17Cl3F4N2O3. The van der Waals surface area contributed by atoms with Gasteiger partial charge in [0.1, 0.15) is 17.3 Å². The Hall–Kier alpha value is -1.68.